The number of halogens is 1. The summed E-state index contributed by atoms with van der Waals surface area (Å²) in [6, 6.07) is 7.00. The van der Waals surface area contributed by atoms with Crippen LogP contribution in [0.25, 0.3) is 0 Å². The molecule has 9 nitrogen and oxygen atoms in total. The average molecular weight is 359 g/mol. The van der Waals surface area contributed by atoms with Gasteiger partial charge in [0, 0.05) is 23.8 Å². The second-order valence-corrected chi connectivity index (χ2v) is 6.18. The lowest BCUT2D eigenvalue weighted by atomic mass is 10.1. The number of hydrogen-bond acceptors (Lipinski definition) is 5. The summed E-state index contributed by atoms with van der Waals surface area (Å²) in [4.78, 5) is 15.5. The van der Waals surface area contributed by atoms with Gasteiger partial charge in [-0.15, -0.1) is 5.10 Å². The monoisotopic (exact) mass is 358 g/mol. The molecular weight excluding hydrogens is 344 g/mol. The van der Waals surface area contributed by atoms with Gasteiger partial charge in [-0.1, -0.05) is 16.8 Å². The Morgan fingerprint density at radius 2 is 1.92 bits per heavy atom. The first kappa shape index (κ1) is 15.6. The summed E-state index contributed by atoms with van der Waals surface area (Å²) in [6.07, 6.45) is 5.10. The van der Waals surface area contributed by atoms with E-state index in [0.29, 0.717) is 30.3 Å². The largest absolute Gasteiger partial charge is 0.321 e. The molecule has 0 atom stereocenters. The van der Waals surface area contributed by atoms with Crippen LogP contribution in [0.1, 0.15) is 11.7 Å². The molecule has 0 spiro atoms. The van der Waals surface area contributed by atoms with Crippen LogP contribution in [-0.4, -0.2) is 54.0 Å². The Hall–Kier alpha value is -2.94. The lowest BCUT2D eigenvalue weighted by Crippen LogP contribution is -2.52. The number of anilines is 1. The maximum absolute atomic E-state index is 12.2. The number of aromatic nitrogens is 6. The molecule has 1 aliphatic rings. The van der Waals surface area contributed by atoms with E-state index < -0.39 is 0 Å². The topological polar surface area (TPSA) is 93.8 Å². The van der Waals surface area contributed by atoms with E-state index in [9.17, 15) is 4.79 Å². The highest BCUT2D eigenvalue weighted by Gasteiger charge is 2.32. The molecule has 1 fully saturated rings. The molecular formula is C15H15ClN8O. The second-order valence-electron chi connectivity index (χ2n) is 5.75. The third kappa shape index (κ3) is 3.45. The number of hydrogen-bond donors (Lipinski definition) is 1. The number of likely N-dealkylation sites (tertiary alicyclic amines) is 1. The standard InChI is InChI=1S/C15H15ClN8O/c16-11-1-3-12(4-2-11)19-15(25)22-9-14(10-22)23-7-13(20-21-23)8-24-17-5-6-18-24/h1-7,14H,8-10H2,(H,19,25). The van der Waals surface area contributed by atoms with E-state index in [-0.39, 0.29) is 12.1 Å². The SMILES string of the molecule is O=C(Nc1ccc(Cl)cc1)N1CC(n2cc(Cn3nccn3)nn2)C1. The molecule has 0 aliphatic carbocycles. The van der Waals surface area contributed by atoms with Crippen LogP contribution in [0.15, 0.2) is 42.9 Å². The van der Waals surface area contributed by atoms with Gasteiger partial charge in [0.2, 0.25) is 0 Å². The van der Waals surface area contributed by atoms with Crippen LogP contribution in [0.5, 0.6) is 0 Å². The van der Waals surface area contributed by atoms with Gasteiger partial charge in [-0.2, -0.15) is 15.0 Å². The van der Waals surface area contributed by atoms with Gasteiger partial charge in [0.05, 0.1) is 24.6 Å². The number of carbonyl (C=O) groups is 1. The summed E-state index contributed by atoms with van der Waals surface area (Å²) < 4.78 is 1.78. The van der Waals surface area contributed by atoms with Crippen LogP contribution in [0, 0.1) is 0 Å². The Morgan fingerprint density at radius 3 is 2.64 bits per heavy atom. The minimum Gasteiger partial charge on any atom is -0.320 e. The van der Waals surface area contributed by atoms with Crippen molar-refractivity contribution in [3.63, 3.8) is 0 Å². The molecule has 3 aromatic rings. The molecule has 1 saturated heterocycles. The highest BCUT2D eigenvalue weighted by Crippen LogP contribution is 2.22. The van der Waals surface area contributed by atoms with Gasteiger partial charge < -0.3 is 10.2 Å². The normalized spacial score (nSPS) is 14.4. The zero-order valence-corrected chi connectivity index (χ0v) is 13.9. The number of nitrogens with one attached hydrogen (secondary N) is 1. The zero-order valence-electron chi connectivity index (χ0n) is 13.2. The quantitative estimate of drug-likeness (QED) is 0.765. The summed E-state index contributed by atoms with van der Waals surface area (Å²) in [5.41, 5.74) is 1.49. The van der Waals surface area contributed by atoms with E-state index in [2.05, 4.69) is 25.8 Å². The lowest BCUT2D eigenvalue weighted by molar-refractivity contribution is 0.127. The summed E-state index contributed by atoms with van der Waals surface area (Å²) in [6.45, 7) is 1.64. The van der Waals surface area contributed by atoms with Crippen LogP contribution in [-0.2, 0) is 6.54 Å². The van der Waals surface area contributed by atoms with Gasteiger partial charge in [-0.25, -0.2) is 9.48 Å². The molecule has 4 rings (SSSR count). The Labute approximate surface area is 148 Å². The highest BCUT2D eigenvalue weighted by atomic mass is 35.5. The van der Waals surface area contributed by atoms with Crippen LogP contribution >= 0.6 is 11.6 Å². The van der Waals surface area contributed by atoms with Gasteiger partial charge in [-0.05, 0) is 24.3 Å². The van der Waals surface area contributed by atoms with Crippen LogP contribution in [0.4, 0.5) is 10.5 Å². The molecule has 2 aromatic heterocycles. The Balaban J connectivity index is 1.30. The lowest BCUT2D eigenvalue weighted by Gasteiger charge is -2.38. The number of nitrogens with zero attached hydrogens (tertiary/aromatic N) is 7. The van der Waals surface area contributed by atoms with E-state index in [0.717, 1.165) is 5.69 Å². The number of amides is 2. The Morgan fingerprint density at radius 1 is 1.20 bits per heavy atom. The predicted molar refractivity (Wildman–Crippen MR) is 90.2 cm³/mol. The Kier molecular flexibility index (Phi) is 4.06. The molecule has 1 aliphatic heterocycles. The molecule has 2 amide bonds. The second kappa shape index (κ2) is 6.52. The molecule has 128 valence electrons. The maximum Gasteiger partial charge on any atom is 0.321 e. The van der Waals surface area contributed by atoms with E-state index in [1.807, 2.05) is 6.20 Å². The number of urea groups is 1. The van der Waals surface area contributed by atoms with Crippen LogP contribution < -0.4 is 5.32 Å². The smallest absolute Gasteiger partial charge is 0.320 e. The van der Waals surface area contributed by atoms with Gasteiger partial charge in [-0.3, -0.25) is 0 Å². The minimum absolute atomic E-state index is 0.128. The molecule has 0 unspecified atom stereocenters. The summed E-state index contributed by atoms with van der Waals surface area (Å²) in [5.74, 6) is 0. The molecule has 1 aromatic carbocycles. The highest BCUT2D eigenvalue weighted by molar-refractivity contribution is 6.30. The molecule has 1 N–H and O–H groups in total. The van der Waals surface area contributed by atoms with Crippen molar-refractivity contribution in [2.24, 2.45) is 0 Å². The number of benzene rings is 1. The van der Waals surface area contributed by atoms with E-state index in [1.54, 1.807) is 51.0 Å². The van der Waals surface area contributed by atoms with Gasteiger partial charge in [0.15, 0.2) is 0 Å². The minimum atomic E-state index is -0.139. The molecule has 25 heavy (non-hydrogen) atoms. The zero-order chi connectivity index (χ0) is 17.2. The third-order valence-corrected chi connectivity index (χ3v) is 4.20. The van der Waals surface area contributed by atoms with Crippen molar-refractivity contribution in [1.29, 1.82) is 0 Å². The van der Waals surface area contributed by atoms with Gasteiger partial charge in [0.25, 0.3) is 0 Å². The fourth-order valence-corrected chi connectivity index (χ4v) is 2.68. The molecule has 3 heterocycles. The van der Waals surface area contributed by atoms with Crippen LogP contribution in [0.2, 0.25) is 5.02 Å². The van der Waals surface area contributed by atoms with Crippen LogP contribution in [0.3, 0.4) is 0 Å². The van der Waals surface area contributed by atoms with E-state index in [4.69, 9.17) is 11.6 Å². The van der Waals surface area contributed by atoms with Crippen molar-refractivity contribution in [1.82, 2.24) is 34.9 Å². The average Bonchev–Trinajstić information content (AvgIpc) is 3.21. The number of rotatable bonds is 4. The molecule has 0 radical (unpaired) electrons. The van der Waals surface area contributed by atoms with Gasteiger partial charge >= 0.3 is 6.03 Å². The molecule has 10 heteroatoms. The summed E-state index contributed by atoms with van der Waals surface area (Å²) >= 11 is 5.83. The van der Waals surface area contributed by atoms with Crippen molar-refractivity contribution in [3.8, 4) is 0 Å². The summed E-state index contributed by atoms with van der Waals surface area (Å²) in [7, 11) is 0. The summed E-state index contributed by atoms with van der Waals surface area (Å²) in [5, 5.41) is 19.8. The number of carbonyl (C=O) groups excluding carboxylic acids is 1. The van der Waals surface area contributed by atoms with E-state index >= 15 is 0 Å². The van der Waals surface area contributed by atoms with Crippen molar-refractivity contribution in [2.45, 2.75) is 12.6 Å². The first-order chi connectivity index (χ1) is 12.2. The fourth-order valence-electron chi connectivity index (χ4n) is 2.56. The van der Waals surface area contributed by atoms with Crippen molar-refractivity contribution in [3.05, 3.63) is 53.6 Å². The van der Waals surface area contributed by atoms with Crippen molar-refractivity contribution in [2.75, 3.05) is 18.4 Å². The van der Waals surface area contributed by atoms with Crippen molar-refractivity contribution >= 4 is 23.3 Å². The van der Waals surface area contributed by atoms with E-state index in [1.165, 1.54) is 0 Å². The predicted octanol–water partition coefficient (Wildman–Crippen LogP) is 1.66. The van der Waals surface area contributed by atoms with Crippen molar-refractivity contribution < 1.29 is 4.79 Å². The molecule has 0 saturated carbocycles. The maximum atomic E-state index is 12.2. The van der Waals surface area contributed by atoms with Gasteiger partial charge in [0.1, 0.15) is 12.2 Å². The third-order valence-electron chi connectivity index (χ3n) is 3.95. The fraction of sp³-hybridized carbons (Fsp3) is 0.267. The first-order valence-electron chi connectivity index (χ1n) is 7.74. The first-order valence-corrected chi connectivity index (χ1v) is 8.11. The molecule has 0 bridgehead atoms. The Bertz CT molecular complexity index is 854.